The van der Waals surface area contributed by atoms with Crippen molar-refractivity contribution in [2.45, 2.75) is 19.9 Å². The second-order valence-electron chi connectivity index (χ2n) is 6.62. The van der Waals surface area contributed by atoms with Crippen LogP contribution >= 0.6 is 0 Å². The second kappa shape index (κ2) is 7.46. The topological polar surface area (TPSA) is 103 Å². The van der Waals surface area contributed by atoms with E-state index in [-0.39, 0.29) is 18.1 Å². The van der Waals surface area contributed by atoms with Crippen LogP contribution in [0.3, 0.4) is 0 Å². The number of fused-ring (bicyclic) bond motifs is 3. The minimum Gasteiger partial charge on any atom is -0.504 e. The average molecular weight is 395 g/mol. The molecule has 0 saturated carbocycles. The van der Waals surface area contributed by atoms with Gasteiger partial charge in [-0.15, -0.1) is 0 Å². The Kier molecular flexibility index (Phi) is 4.84. The van der Waals surface area contributed by atoms with Crippen LogP contribution in [0.1, 0.15) is 25.5 Å². The first kappa shape index (κ1) is 18.8. The van der Waals surface area contributed by atoms with Gasteiger partial charge in [0.2, 0.25) is 11.9 Å². The van der Waals surface area contributed by atoms with Gasteiger partial charge in [0.1, 0.15) is 0 Å². The van der Waals surface area contributed by atoms with E-state index >= 15 is 0 Å². The summed E-state index contributed by atoms with van der Waals surface area (Å²) in [5.74, 6) is -1.59. The summed E-state index contributed by atoms with van der Waals surface area (Å²) in [7, 11) is 0. The molecule has 0 unspecified atom stereocenters. The predicted octanol–water partition coefficient (Wildman–Crippen LogP) is 2.86. The zero-order chi connectivity index (χ0) is 20.5. The van der Waals surface area contributed by atoms with E-state index in [2.05, 4.69) is 10.3 Å². The molecule has 0 aliphatic carbocycles. The monoisotopic (exact) mass is 395 g/mol. The third-order valence-corrected chi connectivity index (χ3v) is 4.87. The van der Waals surface area contributed by atoms with Gasteiger partial charge in [0.25, 0.3) is 0 Å². The highest BCUT2D eigenvalue weighted by Crippen LogP contribution is 2.41. The Morgan fingerprint density at radius 1 is 1.21 bits per heavy atom. The van der Waals surface area contributed by atoms with Gasteiger partial charge in [0.15, 0.2) is 17.4 Å². The highest BCUT2D eigenvalue weighted by Gasteiger charge is 2.44. The normalized spacial score (nSPS) is 18.2. The Balaban J connectivity index is 1.94. The molecular formula is C21H21N3O5. The van der Waals surface area contributed by atoms with Gasteiger partial charge in [-0.2, -0.15) is 0 Å². The van der Waals surface area contributed by atoms with Gasteiger partial charge in [0, 0.05) is 0 Å². The Morgan fingerprint density at radius 2 is 2.00 bits per heavy atom. The number of rotatable bonds is 5. The Hall–Kier alpha value is -3.55. The maximum absolute atomic E-state index is 12.9. The molecule has 2 heterocycles. The number of hydrogen-bond acceptors (Lipinski definition) is 6. The van der Waals surface area contributed by atoms with Crippen LogP contribution in [0.25, 0.3) is 11.0 Å². The van der Waals surface area contributed by atoms with Crippen molar-refractivity contribution in [3.05, 3.63) is 48.0 Å². The summed E-state index contributed by atoms with van der Waals surface area (Å²) in [5.41, 5.74) is 2.09. The number of nitrogens with one attached hydrogen (secondary N) is 1. The fourth-order valence-electron chi connectivity index (χ4n) is 3.69. The molecule has 2 N–H and O–H groups in total. The quantitative estimate of drug-likeness (QED) is 0.509. The van der Waals surface area contributed by atoms with Crippen LogP contribution in [-0.4, -0.2) is 39.7 Å². The Labute approximate surface area is 167 Å². The van der Waals surface area contributed by atoms with Gasteiger partial charge < -0.3 is 19.1 Å². The molecule has 2 aromatic carbocycles. The van der Waals surface area contributed by atoms with Crippen LogP contribution < -0.4 is 10.1 Å². The molecule has 1 aliphatic rings. The first-order valence-corrected chi connectivity index (χ1v) is 9.45. The van der Waals surface area contributed by atoms with Crippen molar-refractivity contribution in [3.63, 3.8) is 0 Å². The van der Waals surface area contributed by atoms with Crippen LogP contribution in [-0.2, 0) is 14.3 Å². The van der Waals surface area contributed by atoms with Crippen molar-refractivity contribution < 1.29 is 24.2 Å². The summed E-state index contributed by atoms with van der Waals surface area (Å²) in [6.45, 7) is 4.03. The lowest BCUT2D eigenvalue weighted by molar-refractivity contribution is -0.152. The van der Waals surface area contributed by atoms with Gasteiger partial charge in [-0.25, -0.2) is 4.98 Å². The molecule has 1 amide bonds. The predicted molar refractivity (Wildman–Crippen MR) is 106 cm³/mol. The molecule has 0 bridgehead atoms. The summed E-state index contributed by atoms with van der Waals surface area (Å²) < 4.78 is 12.5. The number of carbonyl (C=O) groups excluding carboxylic acids is 2. The summed E-state index contributed by atoms with van der Waals surface area (Å²) >= 11 is 0. The summed E-state index contributed by atoms with van der Waals surface area (Å²) in [6, 6.07) is 11.5. The maximum atomic E-state index is 12.9. The summed E-state index contributed by atoms with van der Waals surface area (Å²) in [5, 5.41) is 12.8. The molecule has 1 aromatic heterocycles. The van der Waals surface area contributed by atoms with Crippen molar-refractivity contribution in [1.82, 2.24) is 9.55 Å². The lowest BCUT2D eigenvalue weighted by Crippen LogP contribution is -2.43. The third kappa shape index (κ3) is 3.16. The number of phenolic OH excluding ortho intramolecular Hbond substituents is 1. The van der Waals surface area contributed by atoms with E-state index in [1.165, 1.54) is 6.07 Å². The van der Waals surface area contributed by atoms with E-state index < -0.39 is 23.8 Å². The van der Waals surface area contributed by atoms with E-state index in [4.69, 9.17) is 9.47 Å². The number of imidazole rings is 1. The van der Waals surface area contributed by atoms with Crippen molar-refractivity contribution in [2.75, 3.05) is 18.5 Å². The number of para-hydroxylation sites is 2. The van der Waals surface area contributed by atoms with Crippen LogP contribution in [0.5, 0.6) is 11.5 Å². The lowest BCUT2D eigenvalue weighted by atomic mass is 9.90. The molecule has 1 aliphatic heterocycles. The molecule has 0 radical (unpaired) electrons. The second-order valence-corrected chi connectivity index (χ2v) is 6.62. The van der Waals surface area contributed by atoms with Crippen molar-refractivity contribution in [3.8, 4) is 11.5 Å². The van der Waals surface area contributed by atoms with E-state index in [0.717, 1.165) is 5.52 Å². The number of anilines is 1. The number of nitrogens with zero attached hydrogens (tertiary/aromatic N) is 2. The molecule has 29 heavy (non-hydrogen) atoms. The van der Waals surface area contributed by atoms with Gasteiger partial charge in [-0.3, -0.25) is 14.9 Å². The molecule has 8 heteroatoms. The Morgan fingerprint density at radius 3 is 2.76 bits per heavy atom. The number of esters is 1. The maximum Gasteiger partial charge on any atom is 0.321 e. The number of ether oxygens (including phenoxy) is 2. The van der Waals surface area contributed by atoms with Gasteiger partial charge in [-0.05, 0) is 43.7 Å². The first-order chi connectivity index (χ1) is 14.0. The summed E-state index contributed by atoms with van der Waals surface area (Å²) in [6.07, 6.45) is 0. The molecule has 8 nitrogen and oxygen atoms in total. The molecule has 150 valence electrons. The minimum absolute atomic E-state index is 0.0146. The van der Waals surface area contributed by atoms with Gasteiger partial charge >= 0.3 is 5.97 Å². The largest absolute Gasteiger partial charge is 0.504 e. The molecule has 4 rings (SSSR count). The number of amides is 1. The van der Waals surface area contributed by atoms with E-state index in [0.29, 0.717) is 23.6 Å². The fraction of sp³-hybridized carbons (Fsp3) is 0.286. The number of hydrogen-bond donors (Lipinski definition) is 2. The lowest BCUT2D eigenvalue weighted by Gasteiger charge is -2.32. The number of benzene rings is 2. The highest BCUT2D eigenvalue weighted by molar-refractivity contribution is 6.07. The SMILES string of the molecule is CCOC(=O)[C@@H]1C(=O)Nc2nc3ccccc3n2[C@H]1c1ccc(O)c(OCC)c1. The number of aromatic nitrogens is 2. The Bertz CT molecular complexity index is 1090. The zero-order valence-corrected chi connectivity index (χ0v) is 16.1. The molecule has 0 saturated heterocycles. The van der Waals surface area contributed by atoms with E-state index in [1.54, 1.807) is 19.1 Å². The van der Waals surface area contributed by atoms with Crippen molar-refractivity contribution >= 4 is 28.9 Å². The standard InChI is InChI=1S/C21H21N3O5/c1-3-28-16-11-12(9-10-15(16)25)18-17(20(27)29-4-2)19(26)23-21-22-13-7-5-6-8-14(13)24(18)21/h5-11,17-18,25H,3-4H2,1-2H3,(H,22,23,26)/t17-,18-/m0/s1. The smallest absolute Gasteiger partial charge is 0.321 e. The molecule has 3 aromatic rings. The van der Waals surface area contributed by atoms with E-state index in [1.807, 2.05) is 35.8 Å². The highest BCUT2D eigenvalue weighted by atomic mass is 16.5. The van der Waals surface area contributed by atoms with Gasteiger partial charge in [0.05, 0.1) is 30.3 Å². The van der Waals surface area contributed by atoms with Gasteiger partial charge in [-0.1, -0.05) is 18.2 Å². The van der Waals surface area contributed by atoms with Crippen LogP contribution in [0.4, 0.5) is 5.95 Å². The van der Waals surface area contributed by atoms with E-state index in [9.17, 15) is 14.7 Å². The third-order valence-electron chi connectivity index (χ3n) is 4.87. The number of aromatic hydroxyl groups is 1. The molecule has 0 spiro atoms. The summed E-state index contributed by atoms with van der Waals surface area (Å²) in [4.78, 5) is 30.1. The molecule has 0 fully saturated rings. The number of carbonyl (C=O) groups is 2. The first-order valence-electron chi connectivity index (χ1n) is 9.45. The molecular weight excluding hydrogens is 374 g/mol. The van der Waals surface area contributed by atoms with Crippen LogP contribution in [0, 0.1) is 5.92 Å². The molecule has 2 atom stereocenters. The van der Waals surface area contributed by atoms with Crippen LogP contribution in [0.15, 0.2) is 42.5 Å². The number of phenols is 1. The van der Waals surface area contributed by atoms with Crippen LogP contribution in [0.2, 0.25) is 0 Å². The zero-order valence-electron chi connectivity index (χ0n) is 16.1. The minimum atomic E-state index is -1.11. The fourth-order valence-corrected chi connectivity index (χ4v) is 3.69. The van der Waals surface area contributed by atoms with Crippen molar-refractivity contribution in [1.29, 1.82) is 0 Å². The average Bonchev–Trinajstić information content (AvgIpc) is 3.06. The van der Waals surface area contributed by atoms with Crippen molar-refractivity contribution in [2.24, 2.45) is 5.92 Å².